The summed E-state index contributed by atoms with van der Waals surface area (Å²) in [5, 5.41) is 3.60. The first kappa shape index (κ1) is 12.8. The third-order valence-electron chi connectivity index (χ3n) is 4.65. The molecule has 1 aromatic heterocycles. The Morgan fingerprint density at radius 3 is 2.90 bits per heavy atom. The lowest BCUT2D eigenvalue weighted by molar-refractivity contribution is -0.135. The Balaban J connectivity index is 1.66. The Kier molecular flexibility index (Phi) is 2.91. The number of aryl methyl sites for hydroxylation is 1. The molecule has 1 aromatic rings. The molecule has 1 spiro atoms. The Morgan fingerprint density at radius 1 is 1.45 bits per heavy atom. The molecule has 4 nitrogen and oxygen atoms in total. The van der Waals surface area contributed by atoms with E-state index in [4.69, 9.17) is 4.74 Å². The summed E-state index contributed by atoms with van der Waals surface area (Å²) in [6.45, 7) is 3.64. The SMILES string of the molecule is Cc1ccc(C2NC3(CC3)C(=O)N2C2CCCOC2)s1. The van der Waals surface area contributed by atoms with Gasteiger partial charge in [-0.2, -0.15) is 0 Å². The van der Waals surface area contributed by atoms with E-state index in [0.717, 1.165) is 32.3 Å². The first-order chi connectivity index (χ1) is 9.70. The van der Waals surface area contributed by atoms with Crippen LogP contribution in [0.25, 0.3) is 0 Å². The van der Waals surface area contributed by atoms with Crippen LogP contribution in [0.3, 0.4) is 0 Å². The highest BCUT2D eigenvalue weighted by atomic mass is 32.1. The zero-order valence-corrected chi connectivity index (χ0v) is 12.5. The molecule has 0 aromatic carbocycles. The van der Waals surface area contributed by atoms with Crippen LogP contribution >= 0.6 is 11.3 Å². The summed E-state index contributed by atoms with van der Waals surface area (Å²) in [6, 6.07) is 4.53. The number of hydrogen-bond donors (Lipinski definition) is 1. The lowest BCUT2D eigenvalue weighted by Gasteiger charge is -2.34. The quantitative estimate of drug-likeness (QED) is 0.908. The fraction of sp³-hybridized carbons (Fsp3) is 0.667. The molecule has 3 heterocycles. The van der Waals surface area contributed by atoms with Crippen LogP contribution in [0.15, 0.2) is 12.1 Å². The van der Waals surface area contributed by atoms with Crippen LogP contribution in [0, 0.1) is 6.92 Å². The van der Waals surface area contributed by atoms with E-state index in [9.17, 15) is 4.79 Å². The first-order valence-electron chi connectivity index (χ1n) is 7.44. The molecule has 2 aliphatic heterocycles. The van der Waals surface area contributed by atoms with Gasteiger partial charge in [0.05, 0.1) is 12.6 Å². The third kappa shape index (κ3) is 1.91. The van der Waals surface area contributed by atoms with Crippen molar-refractivity contribution in [3.8, 4) is 0 Å². The van der Waals surface area contributed by atoms with Gasteiger partial charge >= 0.3 is 0 Å². The highest BCUT2D eigenvalue weighted by molar-refractivity contribution is 7.12. The summed E-state index contributed by atoms with van der Waals surface area (Å²) < 4.78 is 5.60. The van der Waals surface area contributed by atoms with Crippen molar-refractivity contribution < 1.29 is 9.53 Å². The number of thiophene rings is 1. The van der Waals surface area contributed by atoms with E-state index in [1.165, 1.54) is 9.75 Å². The van der Waals surface area contributed by atoms with Gasteiger partial charge in [-0.15, -0.1) is 11.3 Å². The highest BCUT2D eigenvalue weighted by Crippen LogP contribution is 2.48. The lowest BCUT2D eigenvalue weighted by atomic mass is 10.1. The van der Waals surface area contributed by atoms with Crippen molar-refractivity contribution in [2.45, 2.75) is 50.4 Å². The minimum absolute atomic E-state index is 0.0513. The van der Waals surface area contributed by atoms with Crippen LogP contribution < -0.4 is 5.32 Å². The van der Waals surface area contributed by atoms with Gasteiger partial charge in [0, 0.05) is 16.4 Å². The topological polar surface area (TPSA) is 41.6 Å². The maximum absolute atomic E-state index is 12.8. The zero-order chi connectivity index (χ0) is 13.7. The molecule has 2 atom stereocenters. The fourth-order valence-corrected chi connectivity index (χ4v) is 4.30. The highest BCUT2D eigenvalue weighted by Gasteiger charge is 2.60. The van der Waals surface area contributed by atoms with Gasteiger partial charge in [0.15, 0.2) is 0 Å². The molecular weight excluding hydrogens is 272 g/mol. The number of amides is 1. The molecule has 1 aliphatic carbocycles. The third-order valence-corrected chi connectivity index (χ3v) is 5.70. The van der Waals surface area contributed by atoms with E-state index in [-0.39, 0.29) is 17.7 Å². The summed E-state index contributed by atoms with van der Waals surface area (Å²) in [4.78, 5) is 17.4. The monoisotopic (exact) mass is 292 g/mol. The summed E-state index contributed by atoms with van der Waals surface area (Å²) >= 11 is 1.79. The predicted molar refractivity (Wildman–Crippen MR) is 77.6 cm³/mol. The van der Waals surface area contributed by atoms with E-state index in [0.29, 0.717) is 12.5 Å². The Morgan fingerprint density at radius 2 is 2.30 bits per heavy atom. The molecule has 3 aliphatic rings. The summed E-state index contributed by atoms with van der Waals surface area (Å²) in [5.74, 6) is 0.295. The summed E-state index contributed by atoms with van der Waals surface area (Å²) in [6.07, 6.45) is 4.13. The second-order valence-corrected chi connectivity index (χ2v) is 7.48. The number of rotatable bonds is 2. The van der Waals surface area contributed by atoms with E-state index < -0.39 is 0 Å². The average molecular weight is 292 g/mol. The second-order valence-electron chi connectivity index (χ2n) is 6.16. The van der Waals surface area contributed by atoms with E-state index in [1.54, 1.807) is 11.3 Å². The number of hydrogen-bond acceptors (Lipinski definition) is 4. The van der Waals surface area contributed by atoms with Crippen LogP contribution in [0.2, 0.25) is 0 Å². The number of nitrogens with one attached hydrogen (secondary N) is 1. The van der Waals surface area contributed by atoms with Gasteiger partial charge in [-0.25, -0.2) is 0 Å². The Labute approximate surface area is 123 Å². The van der Waals surface area contributed by atoms with Crippen LogP contribution in [0.5, 0.6) is 0 Å². The molecule has 1 saturated carbocycles. The van der Waals surface area contributed by atoms with Crippen molar-refractivity contribution in [2.75, 3.05) is 13.2 Å². The van der Waals surface area contributed by atoms with Gasteiger partial charge < -0.3 is 9.64 Å². The van der Waals surface area contributed by atoms with Crippen LogP contribution in [-0.4, -0.2) is 35.6 Å². The van der Waals surface area contributed by atoms with Gasteiger partial charge in [0.1, 0.15) is 11.7 Å². The molecule has 2 saturated heterocycles. The summed E-state index contributed by atoms with van der Waals surface area (Å²) in [7, 11) is 0. The minimum atomic E-state index is -0.250. The molecule has 5 heteroatoms. The molecule has 0 radical (unpaired) electrons. The maximum Gasteiger partial charge on any atom is 0.244 e. The van der Waals surface area contributed by atoms with Crippen molar-refractivity contribution in [1.29, 1.82) is 0 Å². The van der Waals surface area contributed by atoms with Gasteiger partial charge in [0.25, 0.3) is 0 Å². The molecule has 3 fully saturated rings. The molecule has 1 N–H and O–H groups in total. The Bertz CT molecular complexity index is 532. The van der Waals surface area contributed by atoms with Crippen molar-refractivity contribution >= 4 is 17.2 Å². The first-order valence-corrected chi connectivity index (χ1v) is 8.26. The van der Waals surface area contributed by atoms with Gasteiger partial charge in [-0.3, -0.25) is 10.1 Å². The largest absolute Gasteiger partial charge is 0.379 e. The fourth-order valence-electron chi connectivity index (χ4n) is 3.37. The molecule has 108 valence electrons. The van der Waals surface area contributed by atoms with Crippen molar-refractivity contribution in [2.24, 2.45) is 0 Å². The minimum Gasteiger partial charge on any atom is -0.379 e. The normalized spacial score (nSPS) is 32.0. The maximum atomic E-state index is 12.8. The van der Waals surface area contributed by atoms with Crippen LogP contribution in [0.4, 0.5) is 0 Å². The number of carbonyl (C=O) groups is 1. The van der Waals surface area contributed by atoms with E-state index >= 15 is 0 Å². The second kappa shape index (κ2) is 4.55. The zero-order valence-electron chi connectivity index (χ0n) is 11.7. The number of nitrogens with zero attached hydrogens (tertiary/aromatic N) is 1. The van der Waals surface area contributed by atoms with E-state index in [2.05, 4.69) is 29.3 Å². The van der Waals surface area contributed by atoms with E-state index in [1.807, 2.05) is 0 Å². The Hall–Kier alpha value is -0.910. The van der Waals surface area contributed by atoms with Crippen molar-refractivity contribution in [1.82, 2.24) is 10.2 Å². The average Bonchev–Trinajstić information content (AvgIpc) is 3.03. The standard InChI is InChI=1S/C15H20N2O2S/c1-10-4-5-12(20-10)13-16-15(6-7-15)14(18)17(13)11-3-2-8-19-9-11/h4-5,11,13,16H,2-3,6-9H2,1H3. The van der Waals surface area contributed by atoms with Crippen LogP contribution in [-0.2, 0) is 9.53 Å². The van der Waals surface area contributed by atoms with Gasteiger partial charge in [0.2, 0.25) is 5.91 Å². The van der Waals surface area contributed by atoms with Gasteiger partial charge in [-0.05, 0) is 44.7 Å². The molecule has 0 bridgehead atoms. The van der Waals surface area contributed by atoms with Crippen molar-refractivity contribution in [3.63, 3.8) is 0 Å². The van der Waals surface area contributed by atoms with Gasteiger partial charge in [-0.1, -0.05) is 0 Å². The predicted octanol–water partition coefficient (Wildman–Crippen LogP) is 2.20. The summed E-state index contributed by atoms with van der Waals surface area (Å²) in [5.41, 5.74) is -0.250. The van der Waals surface area contributed by atoms with Crippen molar-refractivity contribution in [3.05, 3.63) is 21.9 Å². The smallest absolute Gasteiger partial charge is 0.244 e. The lowest BCUT2D eigenvalue weighted by Crippen LogP contribution is -2.44. The molecule has 2 unspecified atom stereocenters. The molecule has 4 rings (SSSR count). The van der Waals surface area contributed by atoms with Crippen LogP contribution in [0.1, 0.15) is 41.6 Å². The molecule has 1 amide bonds. The molecular formula is C15H20N2O2S. The molecule has 20 heavy (non-hydrogen) atoms. The number of carbonyl (C=O) groups excluding carboxylic acids is 1. The number of ether oxygens (including phenoxy) is 1.